The zero-order chi connectivity index (χ0) is 19.9. The van der Waals surface area contributed by atoms with Crippen molar-refractivity contribution in [3.05, 3.63) is 65.2 Å². The van der Waals surface area contributed by atoms with Gasteiger partial charge in [0.05, 0.1) is 0 Å². The van der Waals surface area contributed by atoms with Crippen molar-refractivity contribution in [3.63, 3.8) is 0 Å². The number of benzene rings is 2. The van der Waals surface area contributed by atoms with E-state index in [1.54, 1.807) is 0 Å². The van der Waals surface area contributed by atoms with Gasteiger partial charge < -0.3 is 9.84 Å². The Balaban J connectivity index is 1.24. The Bertz CT molecular complexity index is 771. The van der Waals surface area contributed by atoms with E-state index >= 15 is 0 Å². The summed E-state index contributed by atoms with van der Waals surface area (Å²) in [6.07, 6.45) is 5.92. The van der Waals surface area contributed by atoms with Crippen LogP contribution in [0.4, 0.5) is 0 Å². The fraction of sp³-hybridized carbons (Fsp3) is 0.520. The van der Waals surface area contributed by atoms with Gasteiger partial charge in [-0.25, -0.2) is 0 Å². The number of likely N-dealkylation sites (tertiary alicyclic amines) is 1. The van der Waals surface area contributed by atoms with Crippen LogP contribution in [0.5, 0.6) is 5.75 Å². The molecule has 1 N–H and O–H groups in total. The molecule has 2 heterocycles. The van der Waals surface area contributed by atoms with Gasteiger partial charge in [-0.15, -0.1) is 0 Å². The molecular formula is C25H34N2O2. The van der Waals surface area contributed by atoms with E-state index in [0.717, 1.165) is 31.8 Å². The predicted octanol–water partition coefficient (Wildman–Crippen LogP) is 3.86. The third-order valence-corrected chi connectivity index (χ3v) is 6.12. The van der Waals surface area contributed by atoms with E-state index in [4.69, 9.17) is 4.74 Å². The predicted molar refractivity (Wildman–Crippen MR) is 117 cm³/mol. The van der Waals surface area contributed by atoms with Crippen LogP contribution in [-0.2, 0) is 19.5 Å². The Labute approximate surface area is 175 Å². The van der Waals surface area contributed by atoms with Crippen LogP contribution in [0.25, 0.3) is 0 Å². The van der Waals surface area contributed by atoms with Crippen LogP contribution in [0.15, 0.2) is 48.5 Å². The second-order valence-corrected chi connectivity index (χ2v) is 8.56. The molecular weight excluding hydrogens is 360 g/mol. The zero-order valence-corrected chi connectivity index (χ0v) is 17.4. The standard InChI is InChI=1S/C25H34N2O2/c28-24(19-27-15-12-22-9-3-4-10-23(22)18-27)20-29-25-11-7-8-21(16-25)17-26-13-5-1-2-6-14-26/h3-4,7-11,16,24,28H,1-2,5-6,12-15,17-20H2. The molecule has 2 aromatic carbocycles. The lowest BCUT2D eigenvalue weighted by Crippen LogP contribution is -2.38. The molecule has 0 saturated carbocycles. The molecule has 0 amide bonds. The van der Waals surface area contributed by atoms with Gasteiger partial charge in [-0.2, -0.15) is 0 Å². The Morgan fingerprint density at radius 3 is 2.48 bits per heavy atom. The van der Waals surface area contributed by atoms with Gasteiger partial charge in [0.1, 0.15) is 18.5 Å². The van der Waals surface area contributed by atoms with Crippen molar-refractivity contribution in [2.45, 2.75) is 51.3 Å². The lowest BCUT2D eigenvalue weighted by Gasteiger charge is -2.30. The lowest BCUT2D eigenvalue weighted by atomic mass is 10.00. The Morgan fingerprint density at radius 1 is 0.862 bits per heavy atom. The highest BCUT2D eigenvalue weighted by Gasteiger charge is 2.18. The molecule has 156 valence electrons. The second-order valence-electron chi connectivity index (χ2n) is 8.56. The maximum atomic E-state index is 10.5. The highest BCUT2D eigenvalue weighted by Crippen LogP contribution is 2.20. The molecule has 0 aromatic heterocycles. The van der Waals surface area contributed by atoms with E-state index in [-0.39, 0.29) is 0 Å². The third-order valence-electron chi connectivity index (χ3n) is 6.12. The molecule has 2 aliphatic heterocycles. The SMILES string of the molecule is OC(COc1cccc(CN2CCCCCC2)c1)CN1CCc2ccccc2C1. The molecule has 29 heavy (non-hydrogen) atoms. The van der Waals surface area contributed by atoms with E-state index in [0.29, 0.717) is 13.2 Å². The Kier molecular flexibility index (Phi) is 7.20. The van der Waals surface area contributed by atoms with Crippen LogP contribution in [0, 0.1) is 0 Å². The lowest BCUT2D eigenvalue weighted by molar-refractivity contribution is 0.0637. The summed E-state index contributed by atoms with van der Waals surface area (Å²) in [5, 5.41) is 10.5. The first-order valence-electron chi connectivity index (χ1n) is 11.2. The molecule has 1 saturated heterocycles. The number of rotatable bonds is 7. The van der Waals surface area contributed by atoms with Gasteiger partial charge >= 0.3 is 0 Å². The second kappa shape index (κ2) is 10.2. The summed E-state index contributed by atoms with van der Waals surface area (Å²) in [5.41, 5.74) is 4.12. The van der Waals surface area contributed by atoms with E-state index in [9.17, 15) is 5.11 Å². The molecule has 1 atom stereocenters. The smallest absolute Gasteiger partial charge is 0.119 e. The van der Waals surface area contributed by atoms with E-state index in [2.05, 4.69) is 52.3 Å². The van der Waals surface area contributed by atoms with Crippen molar-refractivity contribution in [1.29, 1.82) is 0 Å². The van der Waals surface area contributed by atoms with Gasteiger partial charge in [0.15, 0.2) is 0 Å². The number of aliphatic hydroxyl groups is 1. The molecule has 4 heteroatoms. The van der Waals surface area contributed by atoms with Crippen LogP contribution >= 0.6 is 0 Å². The van der Waals surface area contributed by atoms with Crippen molar-refractivity contribution in [3.8, 4) is 5.75 Å². The highest BCUT2D eigenvalue weighted by atomic mass is 16.5. The van der Waals surface area contributed by atoms with E-state index < -0.39 is 6.10 Å². The van der Waals surface area contributed by atoms with Gasteiger partial charge in [-0.05, 0) is 61.2 Å². The maximum absolute atomic E-state index is 10.5. The minimum atomic E-state index is -0.477. The average Bonchev–Trinajstić information content (AvgIpc) is 3.01. The minimum Gasteiger partial charge on any atom is -0.491 e. The van der Waals surface area contributed by atoms with Crippen LogP contribution in [0.3, 0.4) is 0 Å². The van der Waals surface area contributed by atoms with Gasteiger partial charge in [0.25, 0.3) is 0 Å². The van der Waals surface area contributed by atoms with Crippen LogP contribution < -0.4 is 4.74 Å². The van der Waals surface area contributed by atoms with E-state index in [1.807, 2.05) is 6.07 Å². The number of ether oxygens (including phenoxy) is 1. The summed E-state index contributed by atoms with van der Waals surface area (Å²) in [4.78, 5) is 4.88. The normalized spacial score (nSPS) is 19.3. The molecule has 0 bridgehead atoms. The summed E-state index contributed by atoms with van der Waals surface area (Å²) >= 11 is 0. The molecule has 0 radical (unpaired) electrons. The monoisotopic (exact) mass is 394 g/mol. The minimum absolute atomic E-state index is 0.339. The molecule has 0 aliphatic carbocycles. The highest BCUT2D eigenvalue weighted by molar-refractivity contribution is 5.29. The Hall–Kier alpha value is -1.88. The number of β-amino-alcohol motifs (C(OH)–C–C–N with tert-alkyl or cyclic N) is 1. The van der Waals surface area contributed by atoms with Gasteiger partial charge in [-0.1, -0.05) is 49.2 Å². The summed E-state index contributed by atoms with van der Waals surface area (Å²) in [6.45, 7) is 6.30. The number of hydrogen-bond donors (Lipinski definition) is 1. The molecule has 1 fully saturated rings. The van der Waals surface area contributed by atoms with Crippen LogP contribution in [-0.4, -0.2) is 53.8 Å². The quantitative estimate of drug-likeness (QED) is 0.774. The number of nitrogens with zero attached hydrogens (tertiary/aromatic N) is 2. The van der Waals surface area contributed by atoms with Crippen molar-refractivity contribution in [2.24, 2.45) is 0 Å². The van der Waals surface area contributed by atoms with Crippen LogP contribution in [0.2, 0.25) is 0 Å². The largest absolute Gasteiger partial charge is 0.491 e. The van der Waals surface area contributed by atoms with E-state index in [1.165, 1.54) is 55.5 Å². The van der Waals surface area contributed by atoms with Crippen LogP contribution in [0.1, 0.15) is 42.4 Å². The molecule has 0 spiro atoms. The summed E-state index contributed by atoms with van der Waals surface area (Å²) in [7, 11) is 0. The fourth-order valence-corrected chi connectivity index (χ4v) is 4.54. The van der Waals surface area contributed by atoms with Crippen molar-refractivity contribution in [1.82, 2.24) is 9.80 Å². The van der Waals surface area contributed by atoms with Gasteiger partial charge in [0.2, 0.25) is 0 Å². The first kappa shape index (κ1) is 20.4. The number of fused-ring (bicyclic) bond motifs is 1. The molecule has 2 aliphatic rings. The first-order chi connectivity index (χ1) is 14.3. The molecule has 2 aromatic rings. The van der Waals surface area contributed by atoms with Gasteiger partial charge in [0, 0.05) is 26.2 Å². The summed E-state index contributed by atoms with van der Waals surface area (Å²) < 4.78 is 5.94. The van der Waals surface area contributed by atoms with Gasteiger partial charge in [-0.3, -0.25) is 9.80 Å². The maximum Gasteiger partial charge on any atom is 0.119 e. The van der Waals surface area contributed by atoms with Crippen molar-refractivity contribution >= 4 is 0 Å². The zero-order valence-electron chi connectivity index (χ0n) is 17.4. The Morgan fingerprint density at radius 2 is 1.66 bits per heavy atom. The molecule has 4 nitrogen and oxygen atoms in total. The number of hydrogen-bond acceptors (Lipinski definition) is 4. The van der Waals surface area contributed by atoms with Crippen molar-refractivity contribution in [2.75, 3.05) is 32.8 Å². The summed E-state index contributed by atoms with van der Waals surface area (Å²) in [5.74, 6) is 0.861. The van der Waals surface area contributed by atoms with Crippen molar-refractivity contribution < 1.29 is 9.84 Å². The third kappa shape index (κ3) is 6.05. The fourth-order valence-electron chi connectivity index (χ4n) is 4.54. The molecule has 1 unspecified atom stereocenters. The topological polar surface area (TPSA) is 35.9 Å². The molecule has 4 rings (SSSR count). The summed E-state index contributed by atoms with van der Waals surface area (Å²) in [6, 6.07) is 17.0. The first-order valence-corrected chi connectivity index (χ1v) is 11.2. The average molecular weight is 395 g/mol. The number of aliphatic hydroxyl groups excluding tert-OH is 1.